The second kappa shape index (κ2) is 5.28. The number of amides is 2. The first-order valence-corrected chi connectivity index (χ1v) is 5.14. The normalized spacial score (nSPS) is 21.9. The molecule has 1 aliphatic rings. The van der Waals surface area contributed by atoms with Crippen molar-refractivity contribution in [1.82, 2.24) is 4.90 Å². The second-order valence-electron chi connectivity index (χ2n) is 3.93. The number of nitrogens with two attached hydrogens (primary N) is 2. The van der Waals surface area contributed by atoms with Crippen LogP contribution in [0.2, 0.25) is 0 Å². The van der Waals surface area contributed by atoms with Crippen LogP contribution in [0.1, 0.15) is 19.3 Å². The average molecular weight is 229 g/mol. The first-order valence-electron chi connectivity index (χ1n) is 5.14. The van der Waals surface area contributed by atoms with Crippen molar-refractivity contribution in [3.8, 4) is 0 Å². The van der Waals surface area contributed by atoms with Crippen LogP contribution in [0.5, 0.6) is 0 Å². The van der Waals surface area contributed by atoms with Gasteiger partial charge in [-0.2, -0.15) is 0 Å². The summed E-state index contributed by atoms with van der Waals surface area (Å²) < 4.78 is 0. The Morgan fingerprint density at radius 2 is 2.12 bits per heavy atom. The molecule has 0 saturated carbocycles. The van der Waals surface area contributed by atoms with Crippen LogP contribution in [0, 0.1) is 0 Å². The Kier molecular flexibility index (Phi) is 4.28. The number of carbonyl (C=O) groups is 2. The molecule has 0 spiro atoms. The van der Waals surface area contributed by atoms with Gasteiger partial charge in [-0.3, -0.25) is 9.59 Å². The summed E-state index contributed by atoms with van der Waals surface area (Å²) in [6.07, 6.45) is 0.980. The van der Waals surface area contributed by atoms with E-state index in [0.29, 0.717) is 19.4 Å². The standard InChI is InChI=1S/C8H16BN3O4/c10-5(4-7(11)13)8(14)12-3-1-2-6(12)9(15)16/h5-6,15-16H,1-4,10H2,(H2,11,13)/t5-,6-/m0/s1. The predicted molar refractivity (Wildman–Crippen MR) is 56.7 cm³/mol. The summed E-state index contributed by atoms with van der Waals surface area (Å²) >= 11 is 0. The van der Waals surface area contributed by atoms with E-state index in [1.54, 1.807) is 0 Å². The fourth-order valence-corrected chi connectivity index (χ4v) is 1.89. The van der Waals surface area contributed by atoms with Crippen molar-refractivity contribution in [2.75, 3.05) is 6.54 Å². The highest BCUT2D eigenvalue weighted by Gasteiger charge is 2.38. The number of primary amides is 1. The molecule has 0 radical (unpaired) electrons. The summed E-state index contributed by atoms with van der Waals surface area (Å²) in [7, 11) is -1.58. The Hall–Kier alpha value is -1.12. The summed E-state index contributed by atoms with van der Waals surface area (Å²) in [5.41, 5.74) is 10.4. The monoisotopic (exact) mass is 229 g/mol. The first-order chi connectivity index (χ1) is 7.43. The third-order valence-corrected chi connectivity index (χ3v) is 2.66. The van der Waals surface area contributed by atoms with Gasteiger partial charge in [0.25, 0.3) is 0 Å². The van der Waals surface area contributed by atoms with Crippen LogP contribution in [-0.2, 0) is 9.59 Å². The maximum atomic E-state index is 11.8. The molecule has 0 aromatic heterocycles. The highest BCUT2D eigenvalue weighted by atomic mass is 16.4. The Morgan fingerprint density at radius 3 is 2.62 bits per heavy atom. The zero-order valence-corrected chi connectivity index (χ0v) is 8.87. The van der Waals surface area contributed by atoms with Gasteiger partial charge < -0.3 is 26.4 Å². The number of likely N-dealkylation sites (tertiary alicyclic amines) is 1. The summed E-state index contributed by atoms with van der Waals surface area (Å²) in [6.45, 7) is 0.424. The number of carbonyl (C=O) groups excluding carboxylic acids is 2. The third-order valence-electron chi connectivity index (χ3n) is 2.66. The van der Waals surface area contributed by atoms with Gasteiger partial charge in [-0.05, 0) is 12.8 Å². The molecule has 6 N–H and O–H groups in total. The Bertz CT molecular complexity index is 286. The topological polar surface area (TPSA) is 130 Å². The molecule has 0 aliphatic carbocycles. The molecular formula is C8H16BN3O4. The van der Waals surface area contributed by atoms with Gasteiger partial charge in [-0.15, -0.1) is 0 Å². The molecular weight excluding hydrogens is 213 g/mol. The van der Waals surface area contributed by atoms with Crippen LogP contribution in [-0.4, -0.2) is 52.4 Å². The van der Waals surface area contributed by atoms with Crippen LogP contribution in [0.15, 0.2) is 0 Å². The lowest BCUT2D eigenvalue weighted by Crippen LogP contribution is -2.52. The van der Waals surface area contributed by atoms with Crippen molar-refractivity contribution in [2.24, 2.45) is 11.5 Å². The van der Waals surface area contributed by atoms with Crippen molar-refractivity contribution in [3.05, 3.63) is 0 Å². The van der Waals surface area contributed by atoms with E-state index in [1.807, 2.05) is 0 Å². The molecule has 8 heteroatoms. The Balaban J connectivity index is 2.62. The molecule has 7 nitrogen and oxygen atoms in total. The molecule has 16 heavy (non-hydrogen) atoms. The highest BCUT2D eigenvalue weighted by molar-refractivity contribution is 6.43. The zero-order valence-electron chi connectivity index (χ0n) is 8.87. The molecule has 0 aromatic rings. The van der Waals surface area contributed by atoms with E-state index >= 15 is 0 Å². The minimum Gasteiger partial charge on any atom is -0.426 e. The summed E-state index contributed by atoms with van der Waals surface area (Å²) in [5.74, 6) is -1.75. The molecule has 2 atom stereocenters. The van der Waals surface area contributed by atoms with E-state index in [2.05, 4.69) is 0 Å². The van der Waals surface area contributed by atoms with E-state index in [9.17, 15) is 9.59 Å². The second-order valence-corrected chi connectivity index (χ2v) is 3.93. The lowest BCUT2D eigenvalue weighted by molar-refractivity contribution is -0.134. The van der Waals surface area contributed by atoms with E-state index in [4.69, 9.17) is 21.5 Å². The van der Waals surface area contributed by atoms with E-state index in [-0.39, 0.29) is 6.42 Å². The molecule has 90 valence electrons. The van der Waals surface area contributed by atoms with Gasteiger partial charge in [0.1, 0.15) is 0 Å². The van der Waals surface area contributed by atoms with Crippen LogP contribution in [0.3, 0.4) is 0 Å². The molecule has 1 heterocycles. The minimum atomic E-state index is -1.58. The van der Waals surface area contributed by atoms with E-state index in [1.165, 1.54) is 4.90 Å². The molecule has 1 rings (SSSR count). The summed E-state index contributed by atoms with van der Waals surface area (Å²) in [4.78, 5) is 23.7. The lowest BCUT2D eigenvalue weighted by atomic mass is 9.77. The summed E-state index contributed by atoms with van der Waals surface area (Å²) in [6, 6.07) is -1.00. The Labute approximate surface area is 93.5 Å². The van der Waals surface area contributed by atoms with Crippen LogP contribution >= 0.6 is 0 Å². The van der Waals surface area contributed by atoms with Crippen LogP contribution < -0.4 is 11.5 Å². The fourth-order valence-electron chi connectivity index (χ4n) is 1.89. The predicted octanol–water partition coefficient (Wildman–Crippen LogP) is -2.81. The fraction of sp³-hybridized carbons (Fsp3) is 0.750. The molecule has 1 aliphatic heterocycles. The van der Waals surface area contributed by atoms with Crippen molar-refractivity contribution in [3.63, 3.8) is 0 Å². The van der Waals surface area contributed by atoms with Gasteiger partial charge in [-0.25, -0.2) is 0 Å². The van der Waals surface area contributed by atoms with Crippen LogP contribution in [0.4, 0.5) is 0 Å². The van der Waals surface area contributed by atoms with Crippen molar-refractivity contribution in [1.29, 1.82) is 0 Å². The van der Waals surface area contributed by atoms with Crippen molar-refractivity contribution >= 4 is 18.9 Å². The molecule has 1 saturated heterocycles. The van der Waals surface area contributed by atoms with Gasteiger partial charge in [0.15, 0.2) is 0 Å². The largest absolute Gasteiger partial charge is 0.475 e. The van der Waals surface area contributed by atoms with Gasteiger partial charge in [0.05, 0.1) is 18.4 Å². The molecule has 0 aromatic carbocycles. The third kappa shape index (κ3) is 2.94. The zero-order chi connectivity index (χ0) is 12.3. The van der Waals surface area contributed by atoms with Gasteiger partial charge >= 0.3 is 7.12 Å². The smallest absolute Gasteiger partial charge is 0.426 e. The minimum absolute atomic E-state index is 0.233. The first kappa shape index (κ1) is 13.0. The van der Waals surface area contributed by atoms with Gasteiger partial charge in [0.2, 0.25) is 11.8 Å². The quantitative estimate of drug-likeness (QED) is 0.386. The number of nitrogens with zero attached hydrogens (tertiary/aromatic N) is 1. The Morgan fingerprint density at radius 1 is 1.50 bits per heavy atom. The highest BCUT2D eigenvalue weighted by Crippen LogP contribution is 2.19. The maximum Gasteiger partial charge on any atom is 0.475 e. The van der Waals surface area contributed by atoms with Crippen molar-refractivity contribution < 1.29 is 19.6 Å². The molecule has 0 unspecified atom stereocenters. The van der Waals surface area contributed by atoms with Crippen molar-refractivity contribution in [2.45, 2.75) is 31.2 Å². The summed E-state index contributed by atoms with van der Waals surface area (Å²) in [5, 5.41) is 18.1. The van der Waals surface area contributed by atoms with Gasteiger partial charge in [-0.1, -0.05) is 0 Å². The number of hydrogen-bond donors (Lipinski definition) is 4. The van der Waals surface area contributed by atoms with Crippen LogP contribution in [0.25, 0.3) is 0 Å². The maximum absolute atomic E-state index is 11.8. The average Bonchev–Trinajstić information content (AvgIpc) is 2.63. The number of rotatable bonds is 4. The van der Waals surface area contributed by atoms with Gasteiger partial charge in [0, 0.05) is 6.54 Å². The van der Waals surface area contributed by atoms with E-state index in [0.717, 1.165) is 0 Å². The molecule has 1 fully saturated rings. The molecule has 0 bridgehead atoms. The number of hydrogen-bond acceptors (Lipinski definition) is 5. The lowest BCUT2D eigenvalue weighted by Gasteiger charge is -2.26. The van der Waals surface area contributed by atoms with E-state index < -0.39 is 30.9 Å². The SMILES string of the molecule is NC(=O)C[C@H](N)C(=O)N1CCC[C@H]1B(O)O. The molecule has 2 amide bonds.